The maximum atomic E-state index is 12.3. The Kier molecular flexibility index (Phi) is 5.12. The van der Waals surface area contributed by atoms with Crippen LogP contribution in [-0.2, 0) is 9.59 Å². The predicted octanol–water partition coefficient (Wildman–Crippen LogP) is 3.42. The van der Waals surface area contributed by atoms with Gasteiger partial charge in [-0.2, -0.15) is 0 Å². The van der Waals surface area contributed by atoms with Crippen LogP contribution in [0.3, 0.4) is 0 Å². The van der Waals surface area contributed by atoms with E-state index in [1.165, 1.54) is 0 Å². The second-order valence-corrected chi connectivity index (χ2v) is 6.22. The van der Waals surface area contributed by atoms with E-state index < -0.39 is 5.97 Å². The number of amides is 1. The topological polar surface area (TPSA) is 57.6 Å². The minimum atomic E-state index is -0.840. The molecule has 0 radical (unpaired) electrons. The van der Waals surface area contributed by atoms with Gasteiger partial charge in [-0.25, -0.2) is 0 Å². The maximum Gasteiger partial charge on any atom is 0.303 e. The summed E-state index contributed by atoms with van der Waals surface area (Å²) in [4.78, 5) is 24.3. The molecule has 1 aromatic carbocycles. The normalized spacial score (nSPS) is 20.1. The number of benzene rings is 1. The van der Waals surface area contributed by atoms with Gasteiger partial charge in [-0.05, 0) is 36.5 Å². The first-order chi connectivity index (χ1) is 9.90. The molecule has 21 heavy (non-hydrogen) atoms. The number of nitrogens with zero attached hydrogens (tertiary/aromatic N) is 1. The summed E-state index contributed by atoms with van der Waals surface area (Å²) in [5, 5.41) is 9.78. The molecule has 2 atom stereocenters. The number of hydrogen-bond donors (Lipinski definition) is 1. The summed E-state index contributed by atoms with van der Waals surface area (Å²) < 4.78 is 0. The molecular weight excluding hydrogens is 313 g/mol. The van der Waals surface area contributed by atoms with E-state index in [0.717, 1.165) is 12.0 Å². The van der Waals surface area contributed by atoms with Crippen LogP contribution < -0.4 is 0 Å². The molecule has 0 aliphatic heterocycles. The molecule has 2 rings (SSSR count). The molecule has 1 fully saturated rings. The van der Waals surface area contributed by atoms with Gasteiger partial charge in [0.05, 0.1) is 0 Å². The van der Waals surface area contributed by atoms with Crippen molar-refractivity contribution in [3.05, 3.63) is 33.8 Å². The molecule has 1 saturated carbocycles. The van der Waals surface area contributed by atoms with Gasteiger partial charge in [0.25, 0.3) is 0 Å². The van der Waals surface area contributed by atoms with Gasteiger partial charge < -0.3 is 10.0 Å². The summed E-state index contributed by atoms with van der Waals surface area (Å²) in [7, 11) is 1.71. The SMILES string of the molecule is CN(CCCC(=O)O)C(=O)C1CC1c1ccc(Cl)cc1Cl. The summed E-state index contributed by atoms with van der Waals surface area (Å²) >= 11 is 12.0. The molecule has 1 amide bonds. The van der Waals surface area contributed by atoms with Crippen LogP contribution in [-0.4, -0.2) is 35.5 Å². The zero-order valence-electron chi connectivity index (χ0n) is 11.7. The standard InChI is InChI=1S/C15H17Cl2NO3/c1-18(6-2-3-14(19)20)15(21)12-8-11(12)10-5-4-9(16)7-13(10)17/h4-5,7,11-12H,2-3,6,8H2,1H3,(H,19,20). The lowest BCUT2D eigenvalue weighted by atomic mass is 10.1. The molecule has 1 aliphatic carbocycles. The molecule has 0 heterocycles. The van der Waals surface area contributed by atoms with E-state index in [1.807, 2.05) is 6.07 Å². The summed E-state index contributed by atoms with van der Waals surface area (Å²) in [6.45, 7) is 0.461. The van der Waals surface area contributed by atoms with Crippen molar-refractivity contribution >= 4 is 35.1 Å². The van der Waals surface area contributed by atoms with Crippen LogP contribution in [0.5, 0.6) is 0 Å². The van der Waals surface area contributed by atoms with Crippen molar-refractivity contribution in [1.82, 2.24) is 4.90 Å². The molecule has 0 aromatic heterocycles. The Bertz CT molecular complexity index is 562. The zero-order valence-corrected chi connectivity index (χ0v) is 13.2. The van der Waals surface area contributed by atoms with Crippen molar-refractivity contribution in [3.8, 4) is 0 Å². The van der Waals surface area contributed by atoms with Crippen LogP contribution in [0.2, 0.25) is 10.0 Å². The van der Waals surface area contributed by atoms with Crippen LogP contribution in [0.1, 0.15) is 30.7 Å². The minimum absolute atomic E-state index is 0.0522. The molecule has 114 valence electrons. The van der Waals surface area contributed by atoms with Gasteiger partial charge in [0.15, 0.2) is 0 Å². The van der Waals surface area contributed by atoms with Crippen molar-refractivity contribution < 1.29 is 14.7 Å². The summed E-state index contributed by atoms with van der Waals surface area (Å²) in [5.41, 5.74) is 0.957. The van der Waals surface area contributed by atoms with Gasteiger partial charge in [-0.15, -0.1) is 0 Å². The lowest BCUT2D eigenvalue weighted by Crippen LogP contribution is -2.29. The third-order valence-corrected chi connectivity index (χ3v) is 4.29. The Balaban J connectivity index is 1.90. The van der Waals surface area contributed by atoms with Gasteiger partial charge in [0, 0.05) is 36.0 Å². The minimum Gasteiger partial charge on any atom is -0.481 e. The fraction of sp³-hybridized carbons (Fsp3) is 0.467. The van der Waals surface area contributed by atoms with Crippen LogP contribution in [0.15, 0.2) is 18.2 Å². The number of hydrogen-bond acceptors (Lipinski definition) is 2. The molecule has 1 aliphatic rings. The number of halogens is 2. The molecule has 2 unspecified atom stereocenters. The third kappa shape index (κ3) is 4.11. The van der Waals surface area contributed by atoms with Crippen LogP contribution in [0.25, 0.3) is 0 Å². The molecule has 0 bridgehead atoms. The first-order valence-electron chi connectivity index (χ1n) is 6.82. The lowest BCUT2D eigenvalue weighted by Gasteiger charge is -2.16. The Morgan fingerprint density at radius 2 is 2.10 bits per heavy atom. The highest BCUT2D eigenvalue weighted by atomic mass is 35.5. The third-order valence-electron chi connectivity index (χ3n) is 3.73. The van der Waals surface area contributed by atoms with Crippen LogP contribution in [0.4, 0.5) is 0 Å². The van der Waals surface area contributed by atoms with E-state index >= 15 is 0 Å². The number of aliphatic carboxylic acids is 1. The van der Waals surface area contributed by atoms with E-state index in [2.05, 4.69) is 0 Å². The number of carboxylic acids is 1. The maximum absolute atomic E-state index is 12.3. The van der Waals surface area contributed by atoms with Gasteiger partial charge in [0.2, 0.25) is 5.91 Å². The molecule has 4 nitrogen and oxygen atoms in total. The first-order valence-corrected chi connectivity index (χ1v) is 7.57. The Morgan fingerprint density at radius 1 is 1.38 bits per heavy atom. The first kappa shape index (κ1) is 16.1. The molecule has 0 spiro atoms. The monoisotopic (exact) mass is 329 g/mol. The quantitative estimate of drug-likeness (QED) is 0.869. The smallest absolute Gasteiger partial charge is 0.303 e. The van der Waals surface area contributed by atoms with Crippen LogP contribution >= 0.6 is 23.2 Å². The number of carbonyl (C=O) groups is 2. The van der Waals surface area contributed by atoms with Crippen molar-refractivity contribution in [3.63, 3.8) is 0 Å². The fourth-order valence-electron chi connectivity index (χ4n) is 2.47. The molecule has 0 saturated heterocycles. The van der Waals surface area contributed by atoms with Crippen molar-refractivity contribution in [2.45, 2.75) is 25.2 Å². The average molecular weight is 330 g/mol. The van der Waals surface area contributed by atoms with E-state index in [1.54, 1.807) is 24.1 Å². The highest BCUT2D eigenvalue weighted by Crippen LogP contribution is 2.50. The Hall–Kier alpha value is -1.26. The number of carbonyl (C=O) groups excluding carboxylic acids is 1. The van der Waals surface area contributed by atoms with Crippen molar-refractivity contribution in [2.24, 2.45) is 5.92 Å². The summed E-state index contributed by atoms with van der Waals surface area (Å²) in [5.74, 6) is -0.702. The predicted molar refractivity (Wildman–Crippen MR) is 81.8 cm³/mol. The van der Waals surface area contributed by atoms with Gasteiger partial charge in [-0.3, -0.25) is 9.59 Å². The average Bonchev–Trinajstić information content (AvgIpc) is 3.17. The fourth-order valence-corrected chi connectivity index (χ4v) is 3.02. The lowest BCUT2D eigenvalue weighted by molar-refractivity contribution is -0.138. The van der Waals surface area contributed by atoms with E-state index in [4.69, 9.17) is 28.3 Å². The largest absolute Gasteiger partial charge is 0.481 e. The molecule has 1 aromatic rings. The van der Waals surface area contributed by atoms with E-state index in [0.29, 0.717) is 23.0 Å². The highest BCUT2D eigenvalue weighted by molar-refractivity contribution is 6.35. The van der Waals surface area contributed by atoms with Crippen molar-refractivity contribution in [1.29, 1.82) is 0 Å². The van der Waals surface area contributed by atoms with Crippen LogP contribution in [0, 0.1) is 5.92 Å². The molecule has 1 N–H and O–H groups in total. The molecule has 6 heteroatoms. The number of rotatable bonds is 6. The van der Waals surface area contributed by atoms with Gasteiger partial charge >= 0.3 is 5.97 Å². The van der Waals surface area contributed by atoms with Gasteiger partial charge in [-0.1, -0.05) is 29.3 Å². The highest BCUT2D eigenvalue weighted by Gasteiger charge is 2.45. The van der Waals surface area contributed by atoms with E-state index in [9.17, 15) is 9.59 Å². The second kappa shape index (κ2) is 6.67. The number of carboxylic acid groups (broad SMARTS) is 1. The summed E-state index contributed by atoms with van der Waals surface area (Å²) in [6.07, 6.45) is 1.33. The Labute approximate surface area is 133 Å². The van der Waals surface area contributed by atoms with Gasteiger partial charge in [0.1, 0.15) is 0 Å². The molecular formula is C15H17Cl2NO3. The summed E-state index contributed by atoms with van der Waals surface area (Å²) in [6, 6.07) is 5.33. The Morgan fingerprint density at radius 3 is 2.71 bits per heavy atom. The van der Waals surface area contributed by atoms with E-state index in [-0.39, 0.29) is 24.2 Å². The second-order valence-electron chi connectivity index (χ2n) is 5.37. The zero-order chi connectivity index (χ0) is 15.6. The van der Waals surface area contributed by atoms with Crippen molar-refractivity contribution in [2.75, 3.05) is 13.6 Å².